The molecule has 0 saturated heterocycles. The molecule has 0 bridgehead atoms. The molecule has 0 aliphatic carbocycles. The van der Waals surface area contributed by atoms with Crippen LogP contribution in [0.25, 0.3) is 33.9 Å². The lowest BCUT2D eigenvalue weighted by Gasteiger charge is -1.87. The van der Waals surface area contributed by atoms with Crippen molar-refractivity contribution >= 4 is 22.3 Å². The Hall–Kier alpha value is -2.69. The second-order valence-corrected chi connectivity index (χ2v) is 4.61. The fourth-order valence-corrected chi connectivity index (χ4v) is 2.74. The van der Waals surface area contributed by atoms with Gasteiger partial charge in [0.1, 0.15) is 0 Å². The van der Waals surface area contributed by atoms with Crippen molar-refractivity contribution in [2.75, 3.05) is 0 Å². The number of hydrogen-bond donors (Lipinski definition) is 0. The largest absolute Gasteiger partial charge is 0.418 e. The van der Waals surface area contributed by atoms with Gasteiger partial charge in [-0.05, 0) is 18.2 Å². The van der Waals surface area contributed by atoms with Crippen LogP contribution in [0.15, 0.2) is 45.6 Å². The Kier molecular flexibility index (Phi) is 1.46. The van der Waals surface area contributed by atoms with E-state index in [4.69, 9.17) is 8.83 Å². The Morgan fingerprint density at radius 1 is 1.16 bits per heavy atom. The predicted octanol–water partition coefficient (Wildman–Crippen LogP) is 2.29. The molecule has 0 atom stereocenters. The zero-order valence-electron chi connectivity index (χ0n) is 9.83. The maximum Gasteiger partial charge on any atom is 0.404 e. The molecule has 5 rings (SSSR count). The minimum atomic E-state index is 0.536. The van der Waals surface area contributed by atoms with E-state index in [1.807, 2.05) is 12.1 Å². The van der Waals surface area contributed by atoms with Crippen molar-refractivity contribution in [2.45, 2.75) is 6.54 Å². The number of furan rings is 1. The molecule has 0 aromatic carbocycles. The van der Waals surface area contributed by atoms with E-state index < -0.39 is 0 Å². The molecule has 5 nitrogen and oxygen atoms in total. The van der Waals surface area contributed by atoms with Gasteiger partial charge in [-0.25, -0.2) is 4.98 Å². The molecule has 90 valence electrons. The van der Waals surface area contributed by atoms with Crippen molar-refractivity contribution < 1.29 is 13.4 Å². The van der Waals surface area contributed by atoms with E-state index in [0.29, 0.717) is 5.78 Å². The van der Waals surface area contributed by atoms with Gasteiger partial charge in [-0.2, -0.15) is 0 Å². The minimum Gasteiger partial charge on any atom is -0.418 e. The Balaban J connectivity index is 1.94. The Bertz CT molecular complexity index is 952. The molecular weight excluding hydrogens is 242 g/mol. The Morgan fingerprint density at radius 2 is 2.16 bits per heavy atom. The van der Waals surface area contributed by atoms with Crippen molar-refractivity contribution in [3.8, 4) is 11.6 Å². The van der Waals surface area contributed by atoms with Crippen LogP contribution in [0.1, 0.15) is 5.56 Å². The number of rotatable bonds is 0. The quantitative estimate of drug-likeness (QED) is 0.396. The van der Waals surface area contributed by atoms with Crippen LogP contribution in [-0.4, -0.2) is 9.97 Å². The van der Waals surface area contributed by atoms with Crippen LogP contribution in [0.4, 0.5) is 0 Å². The average Bonchev–Trinajstić information content (AvgIpc) is 3.05. The molecule has 0 saturated carbocycles. The SMILES string of the molecule is c1cnc2c(c1)C[n+]1c-2oc2oc3cnccc3c21. The Labute approximate surface area is 107 Å². The van der Waals surface area contributed by atoms with Crippen LogP contribution < -0.4 is 4.57 Å². The molecule has 0 amide bonds. The predicted molar refractivity (Wildman–Crippen MR) is 66.3 cm³/mol. The number of fused-ring (bicyclic) bond motifs is 7. The second kappa shape index (κ2) is 3.00. The summed E-state index contributed by atoms with van der Waals surface area (Å²) in [6.45, 7) is 0.766. The smallest absolute Gasteiger partial charge is 0.404 e. The van der Waals surface area contributed by atoms with Crippen molar-refractivity contribution in [1.29, 1.82) is 0 Å². The lowest BCUT2D eigenvalue weighted by Crippen LogP contribution is -2.30. The molecule has 0 N–H and O–H groups in total. The Morgan fingerprint density at radius 3 is 3.16 bits per heavy atom. The highest BCUT2D eigenvalue weighted by Gasteiger charge is 2.37. The summed E-state index contributed by atoms with van der Waals surface area (Å²) in [5, 5.41) is 1.02. The van der Waals surface area contributed by atoms with Crippen molar-refractivity contribution in [2.24, 2.45) is 0 Å². The van der Waals surface area contributed by atoms with Gasteiger partial charge in [0.2, 0.25) is 0 Å². The van der Waals surface area contributed by atoms with Gasteiger partial charge in [-0.1, -0.05) is 0 Å². The van der Waals surface area contributed by atoms with E-state index in [2.05, 4.69) is 20.6 Å². The van der Waals surface area contributed by atoms with E-state index >= 15 is 0 Å². The summed E-state index contributed by atoms with van der Waals surface area (Å²) in [5.74, 6) is 1.30. The number of oxazole rings is 1. The zero-order chi connectivity index (χ0) is 12.4. The standard InChI is InChI=1S/C14H8N3O2/c1-2-8-7-17-12-9-3-5-15-6-10(9)18-14(12)19-13(17)11(8)16-4-1/h1-6H,7H2/q+1. The van der Waals surface area contributed by atoms with Crippen LogP contribution in [0.5, 0.6) is 0 Å². The number of nitrogens with zero attached hydrogens (tertiary/aromatic N) is 3. The molecular formula is C14H8N3O2+. The highest BCUT2D eigenvalue weighted by molar-refractivity contribution is 5.98. The highest BCUT2D eigenvalue weighted by Crippen LogP contribution is 2.33. The van der Waals surface area contributed by atoms with Gasteiger partial charge in [0, 0.05) is 12.4 Å². The summed E-state index contributed by atoms with van der Waals surface area (Å²) >= 11 is 0. The molecule has 5 heteroatoms. The fourth-order valence-electron chi connectivity index (χ4n) is 2.74. The minimum absolute atomic E-state index is 0.536. The molecule has 0 unspecified atom stereocenters. The maximum absolute atomic E-state index is 5.83. The van der Waals surface area contributed by atoms with Gasteiger partial charge in [0.25, 0.3) is 0 Å². The van der Waals surface area contributed by atoms with Gasteiger partial charge in [-0.3, -0.25) is 4.98 Å². The van der Waals surface area contributed by atoms with Gasteiger partial charge in [0.05, 0.1) is 17.1 Å². The van der Waals surface area contributed by atoms with E-state index in [1.165, 1.54) is 5.56 Å². The maximum atomic E-state index is 5.83. The summed E-state index contributed by atoms with van der Waals surface area (Å²) < 4.78 is 13.6. The van der Waals surface area contributed by atoms with E-state index in [-0.39, 0.29) is 0 Å². The first-order valence-corrected chi connectivity index (χ1v) is 6.05. The summed E-state index contributed by atoms with van der Waals surface area (Å²) in [6.07, 6.45) is 5.25. The monoisotopic (exact) mass is 250 g/mol. The summed E-state index contributed by atoms with van der Waals surface area (Å²) in [5.41, 5.74) is 3.79. The number of aromatic nitrogens is 3. The molecule has 0 fully saturated rings. The molecule has 1 aliphatic rings. The number of pyridine rings is 2. The first-order valence-electron chi connectivity index (χ1n) is 6.05. The van der Waals surface area contributed by atoms with E-state index in [0.717, 1.165) is 34.6 Å². The van der Waals surface area contributed by atoms with Crippen molar-refractivity contribution in [3.63, 3.8) is 0 Å². The summed E-state index contributed by atoms with van der Waals surface area (Å²) in [4.78, 5) is 8.45. The van der Waals surface area contributed by atoms with Gasteiger partial charge in [-0.15, -0.1) is 4.57 Å². The molecule has 0 radical (unpaired) electrons. The molecule has 4 aromatic heterocycles. The first-order chi connectivity index (χ1) is 9.42. The van der Waals surface area contributed by atoms with Crippen LogP contribution in [0, 0.1) is 0 Å². The molecule has 4 aromatic rings. The van der Waals surface area contributed by atoms with Crippen LogP contribution >= 0.6 is 0 Å². The van der Waals surface area contributed by atoms with Gasteiger partial charge >= 0.3 is 17.2 Å². The third-order valence-electron chi connectivity index (χ3n) is 3.56. The zero-order valence-corrected chi connectivity index (χ0v) is 9.83. The van der Waals surface area contributed by atoms with Gasteiger partial charge < -0.3 is 8.83 Å². The third-order valence-corrected chi connectivity index (χ3v) is 3.56. The van der Waals surface area contributed by atoms with Crippen LogP contribution in [0.3, 0.4) is 0 Å². The fraction of sp³-hybridized carbons (Fsp3) is 0.0714. The van der Waals surface area contributed by atoms with Crippen LogP contribution in [0.2, 0.25) is 0 Å². The average molecular weight is 250 g/mol. The second-order valence-electron chi connectivity index (χ2n) is 4.61. The highest BCUT2D eigenvalue weighted by atomic mass is 16.5. The number of hydrogen-bond acceptors (Lipinski definition) is 4. The summed E-state index contributed by atoms with van der Waals surface area (Å²) in [7, 11) is 0. The molecule has 1 aliphatic heterocycles. The lowest BCUT2D eigenvalue weighted by molar-refractivity contribution is -0.648. The van der Waals surface area contributed by atoms with Gasteiger partial charge in [0.15, 0.2) is 17.8 Å². The first kappa shape index (κ1) is 9.27. The van der Waals surface area contributed by atoms with E-state index in [1.54, 1.807) is 18.6 Å². The molecule has 0 spiro atoms. The third kappa shape index (κ3) is 1.03. The molecule has 19 heavy (non-hydrogen) atoms. The van der Waals surface area contributed by atoms with Crippen molar-refractivity contribution in [3.05, 3.63) is 42.4 Å². The lowest BCUT2D eigenvalue weighted by atomic mass is 10.2. The normalized spacial score (nSPS) is 13.1. The summed E-state index contributed by atoms with van der Waals surface area (Å²) in [6, 6.07) is 5.96. The van der Waals surface area contributed by atoms with Crippen LogP contribution in [-0.2, 0) is 6.54 Å². The molecule has 5 heterocycles. The van der Waals surface area contributed by atoms with Crippen molar-refractivity contribution in [1.82, 2.24) is 9.97 Å². The van der Waals surface area contributed by atoms with E-state index in [9.17, 15) is 0 Å². The topological polar surface area (TPSA) is 55.9 Å².